The van der Waals surface area contributed by atoms with Crippen molar-refractivity contribution in [3.05, 3.63) is 35.9 Å². The zero-order chi connectivity index (χ0) is 20.3. The minimum Gasteiger partial charge on any atom is -0.0622 e. The van der Waals surface area contributed by atoms with Gasteiger partial charge in [0.05, 0.1) is 0 Å². The molecule has 0 heterocycles. The average molecular weight is 433 g/mol. The fourth-order valence-electron chi connectivity index (χ4n) is 1.27. The monoisotopic (exact) mass is 433 g/mol. The summed E-state index contributed by atoms with van der Waals surface area (Å²) in [7, 11) is -18.0. The van der Waals surface area contributed by atoms with E-state index in [0.717, 1.165) is 5.92 Å². The normalized spacial score (nSPS) is 13.5. The van der Waals surface area contributed by atoms with E-state index in [1.54, 1.807) is 0 Å². The Morgan fingerprint density at radius 3 is 1.12 bits per heavy atom. The van der Waals surface area contributed by atoms with Crippen molar-refractivity contribution in [1.82, 2.24) is 0 Å². The van der Waals surface area contributed by atoms with E-state index in [1.165, 1.54) is 24.8 Å². The summed E-state index contributed by atoms with van der Waals surface area (Å²) in [5, 5.41) is 0. The molecule has 150 valence electrons. The number of hydrogen-bond donors (Lipinski definition) is 0. The van der Waals surface area contributed by atoms with Gasteiger partial charge in [0.15, 0.2) is 0 Å². The number of benzene rings is 1. The van der Waals surface area contributed by atoms with Crippen molar-refractivity contribution in [3.63, 3.8) is 0 Å². The van der Waals surface area contributed by atoms with Gasteiger partial charge in [-0.3, -0.25) is 0 Å². The Morgan fingerprint density at radius 2 is 0.885 bits per heavy atom. The minimum absolute atomic E-state index is 0. The van der Waals surface area contributed by atoms with Crippen LogP contribution in [-0.2, 0) is 6.42 Å². The molecule has 0 unspecified atom stereocenters. The number of hydrogen-bond acceptors (Lipinski definition) is 0. The summed E-state index contributed by atoms with van der Waals surface area (Å²) in [5.74, 6) is 1.02. The van der Waals surface area contributed by atoms with Crippen molar-refractivity contribution < 1.29 is 51.8 Å². The zero-order valence-corrected chi connectivity index (χ0v) is 12.4. The van der Waals surface area contributed by atoms with Gasteiger partial charge in [-0.15, -0.1) is 0 Å². The molecule has 0 aromatic heterocycles. The first kappa shape index (κ1) is 30.9. The molecule has 26 heavy (non-hydrogen) atoms. The van der Waals surface area contributed by atoms with Crippen LogP contribution in [0.3, 0.4) is 0 Å². The molecule has 1 aliphatic rings. The molecular weight excluding hydrogens is 420 g/mol. The third-order valence-electron chi connectivity index (χ3n) is 2.06. The van der Waals surface area contributed by atoms with E-state index in [-0.39, 0.29) is 51.4 Å². The molecular formula is C10H13B3F12K-3. The van der Waals surface area contributed by atoms with Gasteiger partial charge in [0.1, 0.15) is 0 Å². The van der Waals surface area contributed by atoms with Crippen molar-refractivity contribution >= 4 is 73.1 Å². The van der Waals surface area contributed by atoms with Crippen molar-refractivity contribution in [1.29, 1.82) is 0 Å². The largest absolute Gasteiger partial charge is 0.0622 e. The van der Waals surface area contributed by atoms with E-state index in [4.69, 9.17) is 0 Å². The Bertz CT molecular complexity index is 397. The molecule has 1 saturated carbocycles. The van der Waals surface area contributed by atoms with Gasteiger partial charge in [-0.25, -0.2) is 0 Å². The summed E-state index contributed by atoms with van der Waals surface area (Å²) in [6.45, 7) is 0. The van der Waals surface area contributed by atoms with Crippen molar-refractivity contribution in [3.8, 4) is 0 Å². The van der Waals surface area contributed by atoms with Crippen LogP contribution < -0.4 is 0 Å². The maximum Gasteiger partial charge on any atom is -0.0250 e. The van der Waals surface area contributed by atoms with Gasteiger partial charge in [-0.2, -0.15) is 0 Å². The second kappa shape index (κ2) is 14.2. The molecule has 0 nitrogen and oxygen atoms in total. The Balaban J connectivity index is -0.000000290. The molecule has 1 fully saturated rings. The van der Waals surface area contributed by atoms with E-state index in [9.17, 15) is 51.8 Å². The van der Waals surface area contributed by atoms with Crippen LogP contribution >= 0.6 is 0 Å². The fourth-order valence-corrected chi connectivity index (χ4v) is 1.27. The van der Waals surface area contributed by atoms with Gasteiger partial charge in [0.2, 0.25) is 0 Å². The summed E-state index contributed by atoms with van der Waals surface area (Å²) >= 11 is 0. The van der Waals surface area contributed by atoms with Crippen LogP contribution in [0.25, 0.3) is 0 Å². The molecule has 0 spiro atoms. The van der Waals surface area contributed by atoms with Crippen molar-refractivity contribution in [2.45, 2.75) is 19.3 Å². The van der Waals surface area contributed by atoms with E-state index in [2.05, 4.69) is 30.3 Å². The third kappa shape index (κ3) is 56.4. The topological polar surface area (TPSA) is 0 Å². The predicted molar refractivity (Wildman–Crippen MR) is 80.6 cm³/mol. The smallest absolute Gasteiger partial charge is 0.0250 e. The van der Waals surface area contributed by atoms with Gasteiger partial charge in [-0.05, 0) is 30.7 Å². The second-order valence-corrected chi connectivity index (χ2v) is 4.62. The summed E-state index contributed by atoms with van der Waals surface area (Å²) in [6.07, 6.45) is 4.21. The van der Waals surface area contributed by atoms with Gasteiger partial charge in [-0.1, -0.05) is 30.3 Å². The van der Waals surface area contributed by atoms with Gasteiger partial charge in [0.25, 0.3) is 0 Å². The summed E-state index contributed by atoms with van der Waals surface area (Å²) in [5.41, 5.74) is 1.50. The molecule has 16 heteroatoms. The molecule has 0 saturated heterocycles. The molecule has 1 aromatic rings. The molecule has 0 N–H and O–H groups in total. The first-order valence-corrected chi connectivity index (χ1v) is 6.61. The second-order valence-electron chi connectivity index (χ2n) is 4.62. The van der Waals surface area contributed by atoms with Crippen molar-refractivity contribution in [2.75, 3.05) is 0 Å². The van der Waals surface area contributed by atoms with E-state index < -0.39 is 21.8 Å². The Kier molecular flexibility index (Phi) is 16.9. The maximum atomic E-state index is 9.75. The zero-order valence-electron chi connectivity index (χ0n) is 12.4. The standard InChI is InChI=1S/C10H12.3BF4.K.H/c1-2-4-9(5-3-1)8-10-6-7-10;3*2-1(3,4)5;;/h1-5,10H,6-8H2;;;;;/q;3*-1;;. The average Bonchev–Trinajstić information content (AvgIpc) is 3.07. The van der Waals surface area contributed by atoms with Crippen LogP contribution in [-0.4, -0.2) is 73.1 Å². The molecule has 0 aliphatic heterocycles. The number of halogens is 12. The first-order valence-electron chi connectivity index (χ1n) is 6.61. The van der Waals surface area contributed by atoms with E-state index >= 15 is 0 Å². The van der Waals surface area contributed by atoms with Crippen LogP contribution in [0.5, 0.6) is 0 Å². The Hall–Kier alpha value is 0.211. The van der Waals surface area contributed by atoms with Crippen LogP contribution in [0.2, 0.25) is 0 Å². The molecule has 1 aliphatic carbocycles. The van der Waals surface area contributed by atoms with Crippen LogP contribution in [0.15, 0.2) is 30.3 Å². The summed E-state index contributed by atoms with van der Waals surface area (Å²) in [6, 6.07) is 10.8. The Morgan fingerprint density at radius 1 is 0.615 bits per heavy atom. The molecule has 0 bridgehead atoms. The summed E-state index contributed by atoms with van der Waals surface area (Å²) < 4.78 is 117. The van der Waals surface area contributed by atoms with E-state index in [0.29, 0.717) is 0 Å². The molecule has 0 atom stereocenters. The first-order chi connectivity index (χ1) is 10.9. The minimum atomic E-state index is -6.00. The van der Waals surface area contributed by atoms with Gasteiger partial charge < -0.3 is 51.8 Å². The Labute approximate surface area is 184 Å². The van der Waals surface area contributed by atoms with E-state index in [1.807, 2.05) is 0 Å². The van der Waals surface area contributed by atoms with Crippen LogP contribution in [0.1, 0.15) is 18.4 Å². The predicted octanol–water partition coefficient (Wildman–Crippen LogP) is 5.89. The number of rotatable bonds is 2. The quantitative estimate of drug-likeness (QED) is 0.404. The fraction of sp³-hybridized carbons (Fsp3) is 0.400. The molecule has 0 amide bonds. The molecule has 0 radical (unpaired) electrons. The van der Waals surface area contributed by atoms with Crippen molar-refractivity contribution in [2.24, 2.45) is 5.92 Å². The maximum absolute atomic E-state index is 9.75. The molecule has 1 aromatic carbocycles. The SMILES string of the molecule is F[B-](F)(F)F.F[B-](F)(F)F.F[B-](F)(F)F.[KH].c1ccc(CC2CC2)cc1. The molecule has 2 rings (SSSR count). The van der Waals surface area contributed by atoms with Gasteiger partial charge >= 0.3 is 73.1 Å². The van der Waals surface area contributed by atoms with Gasteiger partial charge in [0, 0.05) is 0 Å². The third-order valence-corrected chi connectivity index (χ3v) is 2.06. The van der Waals surface area contributed by atoms with Crippen LogP contribution in [0, 0.1) is 5.92 Å². The van der Waals surface area contributed by atoms with Crippen LogP contribution in [0.4, 0.5) is 51.8 Å². The summed E-state index contributed by atoms with van der Waals surface area (Å²) in [4.78, 5) is 0.